The third-order valence-electron chi connectivity index (χ3n) is 5.95. The largest absolute Gasteiger partial charge is 0.466 e. The highest BCUT2D eigenvalue weighted by atomic mass is 19.4. The van der Waals surface area contributed by atoms with Crippen LogP contribution in [0.2, 0.25) is 0 Å². The van der Waals surface area contributed by atoms with Gasteiger partial charge >= 0.3 is 12.1 Å². The molecular formula is C29H30F3NO3. The number of carbonyl (C=O) groups excluding carboxylic acids is 2. The fraction of sp³-hybridized carbons (Fsp3) is 0.310. The molecule has 0 N–H and O–H groups in total. The fourth-order valence-corrected chi connectivity index (χ4v) is 4.09. The van der Waals surface area contributed by atoms with E-state index in [2.05, 4.69) is 0 Å². The SMILES string of the molecule is CCOC(=O)CCC(=O)N(CCC(c1ccccc1)c1ccccc1)Cc1ccc(C(F)(F)F)cc1. The van der Waals surface area contributed by atoms with Gasteiger partial charge < -0.3 is 9.64 Å². The zero-order chi connectivity index (χ0) is 26.0. The van der Waals surface area contributed by atoms with Crippen molar-refractivity contribution in [1.82, 2.24) is 4.90 Å². The molecule has 0 heterocycles. The maximum absolute atomic E-state index is 13.1. The summed E-state index contributed by atoms with van der Waals surface area (Å²) in [5.41, 5.74) is 2.07. The monoisotopic (exact) mass is 497 g/mol. The standard InChI is InChI=1S/C29H30F3NO3/c1-2-36-28(35)18-17-27(34)33(21-22-13-15-25(16-14-22)29(30,31)32)20-19-26(23-9-5-3-6-10-23)24-11-7-4-8-12-24/h3-16,26H,2,17-21H2,1H3. The number of esters is 1. The molecule has 0 aliphatic rings. The van der Waals surface area contributed by atoms with Gasteiger partial charge in [0.1, 0.15) is 0 Å². The minimum atomic E-state index is -4.42. The van der Waals surface area contributed by atoms with Gasteiger partial charge in [-0.2, -0.15) is 13.2 Å². The quantitative estimate of drug-likeness (QED) is 0.281. The molecular weight excluding hydrogens is 467 g/mol. The van der Waals surface area contributed by atoms with Crippen LogP contribution in [-0.2, 0) is 27.0 Å². The van der Waals surface area contributed by atoms with Crippen LogP contribution in [0.1, 0.15) is 54.4 Å². The molecule has 0 spiro atoms. The van der Waals surface area contributed by atoms with Crippen LogP contribution in [0.15, 0.2) is 84.9 Å². The maximum Gasteiger partial charge on any atom is 0.416 e. The van der Waals surface area contributed by atoms with Crippen LogP contribution in [0.3, 0.4) is 0 Å². The van der Waals surface area contributed by atoms with Crippen molar-refractivity contribution < 1.29 is 27.5 Å². The third kappa shape index (κ3) is 7.97. The Hall–Kier alpha value is -3.61. The molecule has 0 aliphatic carbocycles. The van der Waals surface area contributed by atoms with Gasteiger partial charge in [0.05, 0.1) is 18.6 Å². The van der Waals surface area contributed by atoms with E-state index in [1.165, 1.54) is 12.1 Å². The molecule has 3 aromatic carbocycles. The second-order valence-electron chi connectivity index (χ2n) is 8.48. The van der Waals surface area contributed by atoms with E-state index in [9.17, 15) is 22.8 Å². The summed E-state index contributed by atoms with van der Waals surface area (Å²) in [6.45, 7) is 2.45. The van der Waals surface area contributed by atoms with Crippen molar-refractivity contribution in [3.8, 4) is 0 Å². The molecule has 0 aromatic heterocycles. The molecule has 190 valence electrons. The second-order valence-corrected chi connectivity index (χ2v) is 8.48. The van der Waals surface area contributed by atoms with Gasteiger partial charge in [-0.3, -0.25) is 9.59 Å². The number of nitrogens with zero attached hydrogens (tertiary/aromatic N) is 1. The number of hydrogen-bond donors (Lipinski definition) is 0. The number of halogens is 3. The van der Waals surface area contributed by atoms with Gasteiger partial charge in [-0.15, -0.1) is 0 Å². The Bertz CT molecular complexity index is 1060. The van der Waals surface area contributed by atoms with E-state index in [0.717, 1.165) is 23.3 Å². The molecule has 3 aromatic rings. The predicted octanol–water partition coefficient (Wildman–Crippen LogP) is 6.60. The van der Waals surface area contributed by atoms with Crippen molar-refractivity contribution in [3.63, 3.8) is 0 Å². The first kappa shape index (κ1) is 27.0. The van der Waals surface area contributed by atoms with E-state index in [1.54, 1.807) is 11.8 Å². The zero-order valence-electron chi connectivity index (χ0n) is 20.2. The number of hydrogen-bond acceptors (Lipinski definition) is 3. The Labute approximate surface area is 209 Å². The highest BCUT2D eigenvalue weighted by Gasteiger charge is 2.30. The molecule has 0 saturated carbocycles. The maximum atomic E-state index is 13.1. The van der Waals surface area contributed by atoms with Crippen molar-refractivity contribution in [2.75, 3.05) is 13.2 Å². The normalized spacial score (nSPS) is 11.4. The summed E-state index contributed by atoms with van der Waals surface area (Å²) in [6.07, 6.45) is -3.89. The lowest BCUT2D eigenvalue weighted by Gasteiger charge is -2.26. The first-order valence-electron chi connectivity index (χ1n) is 12.0. The molecule has 0 unspecified atom stereocenters. The average Bonchev–Trinajstić information content (AvgIpc) is 2.88. The summed E-state index contributed by atoms with van der Waals surface area (Å²) in [6, 6.07) is 24.8. The fourth-order valence-electron chi connectivity index (χ4n) is 4.09. The number of benzene rings is 3. The summed E-state index contributed by atoms with van der Waals surface area (Å²) in [5.74, 6) is -0.671. The molecule has 0 aliphatic heterocycles. The Morgan fingerprint density at radius 2 is 1.39 bits per heavy atom. The third-order valence-corrected chi connectivity index (χ3v) is 5.95. The summed E-state index contributed by atoms with van der Waals surface area (Å²) in [4.78, 5) is 26.5. The number of ether oxygens (including phenoxy) is 1. The zero-order valence-corrected chi connectivity index (χ0v) is 20.2. The van der Waals surface area contributed by atoms with Crippen molar-refractivity contribution >= 4 is 11.9 Å². The summed E-state index contributed by atoms with van der Waals surface area (Å²) in [7, 11) is 0. The Balaban J connectivity index is 1.79. The second kappa shape index (κ2) is 12.9. The molecule has 1 amide bonds. The van der Waals surface area contributed by atoms with Gasteiger partial charge in [-0.25, -0.2) is 0 Å². The van der Waals surface area contributed by atoms with Crippen molar-refractivity contribution in [2.24, 2.45) is 0 Å². The van der Waals surface area contributed by atoms with Gasteiger partial charge in [0.25, 0.3) is 0 Å². The van der Waals surface area contributed by atoms with E-state index in [0.29, 0.717) is 18.5 Å². The highest BCUT2D eigenvalue weighted by molar-refractivity contribution is 5.81. The molecule has 0 radical (unpaired) electrons. The molecule has 0 atom stereocenters. The lowest BCUT2D eigenvalue weighted by Crippen LogP contribution is -2.32. The predicted molar refractivity (Wildman–Crippen MR) is 132 cm³/mol. The topological polar surface area (TPSA) is 46.6 Å². The smallest absolute Gasteiger partial charge is 0.416 e. The number of alkyl halides is 3. The number of amides is 1. The molecule has 0 fully saturated rings. The van der Waals surface area contributed by atoms with E-state index in [-0.39, 0.29) is 37.8 Å². The van der Waals surface area contributed by atoms with Gasteiger partial charge in [0, 0.05) is 25.4 Å². The lowest BCUT2D eigenvalue weighted by atomic mass is 9.88. The van der Waals surface area contributed by atoms with Gasteiger partial charge in [0.15, 0.2) is 0 Å². The first-order valence-corrected chi connectivity index (χ1v) is 12.0. The van der Waals surface area contributed by atoms with Crippen LogP contribution in [0.5, 0.6) is 0 Å². The van der Waals surface area contributed by atoms with Crippen LogP contribution in [0.25, 0.3) is 0 Å². The van der Waals surface area contributed by atoms with E-state index in [1.807, 2.05) is 60.7 Å². The van der Waals surface area contributed by atoms with Crippen LogP contribution < -0.4 is 0 Å². The summed E-state index contributed by atoms with van der Waals surface area (Å²) < 4.78 is 43.9. The van der Waals surface area contributed by atoms with Crippen LogP contribution in [0.4, 0.5) is 13.2 Å². The molecule has 7 heteroatoms. The molecule has 0 bridgehead atoms. The Morgan fingerprint density at radius 3 is 1.89 bits per heavy atom. The molecule has 36 heavy (non-hydrogen) atoms. The van der Waals surface area contributed by atoms with Crippen LogP contribution in [-0.4, -0.2) is 29.9 Å². The summed E-state index contributed by atoms with van der Waals surface area (Å²) in [5, 5.41) is 0. The van der Waals surface area contributed by atoms with Gasteiger partial charge in [-0.1, -0.05) is 72.8 Å². The van der Waals surface area contributed by atoms with Crippen molar-refractivity contribution in [3.05, 3.63) is 107 Å². The van der Waals surface area contributed by atoms with Crippen LogP contribution in [0, 0.1) is 0 Å². The van der Waals surface area contributed by atoms with Crippen molar-refractivity contribution in [2.45, 2.75) is 44.8 Å². The highest BCUT2D eigenvalue weighted by Crippen LogP contribution is 2.30. The molecule has 4 nitrogen and oxygen atoms in total. The van der Waals surface area contributed by atoms with Crippen LogP contribution >= 0.6 is 0 Å². The number of carbonyl (C=O) groups is 2. The Morgan fingerprint density at radius 1 is 0.833 bits per heavy atom. The van der Waals surface area contributed by atoms with Crippen molar-refractivity contribution in [1.29, 1.82) is 0 Å². The van der Waals surface area contributed by atoms with Gasteiger partial charge in [0.2, 0.25) is 5.91 Å². The number of rotatable bonds is 11. The Kier molecular flexibility index (Phi) is 9.68. The van der Waals surface area contributed by atoms with E-state index in [4.69, 9.17) is 4.74 Å². The molecule has 0 saturated heterocycles. The lowest BCUT2D eigenvalue weighted by molar-refractivity contribution is -0.145. The minimum Gasteiger partial charge on any atom is -0.466 e. The van der Waals surface area contributed by atoms with Gasteiger partial charge in [-0.05, 0) is 42.2 Å². The summed E-state index contributed by atoms with van der Waals surface area (Å²) >= 11 is 0. The minimum absolute atomic E-state index is 0.0270. The average molecular weight is 498 g/mol. The first-order chi connectivity index (χ1) is 17.3. The molecule has 3 rings (SSSR count). The van der Waals surface area contributed by atoms with E-state index >= 15 is 0 Å². The van der Waals surface area contributed by atoms with E-state index < -0.39 is 17.7 Å².